The SMILES string of the molecule is COC1=C(c2ccc(OC)cc2)[CH]CC=C1c1ccc(Cl)cc1. The summed E-state index contributed by atoms with van der Waals surface area (Å²) in [5.74, 6) is 1.72. The molecule has 0 spiro atoms. The monoisotopic (exact) mass is 325 g/mol. The molecule has 1 aliphatic carbocycles. The number of benzene rings is 2. The molecule has 0 atom stereocenters. The highest BCUT2D eigenvalue weighted by molar-refractivity contribution is 6.30. The molecule has 1 radical (unpaired) electrons. The zero-order valence-corrected chi connectivity index (χ0v) is 13.9. The number of ether oxygens (including phenoxy) is 2. The fourth-order valence-electron chi connectivity index (χ4n) is 2.74. The Balaban J connectivity index is 2.03. The van der Waals surface area contributed by atoms with Gasteiger partial charge in [0, 0.05) is 16.2 Å². The van der Waals surface area contributed by atoms with E-state index in [2.05, 4.69) is 24.6 Å². The van der Waals surface area contributed by atoms with Gasteiger partial charge in [-0.3, -0.25) is 0 Å². The molecule has 0 aromatic heterocycles. The molecule has 117 valence electrons. The van der Waals surface area contributed by atoms with E-state index in [-0.39, 0.29) is 0 Å². The summed E-state index contributed by atoms with van der Waals surface area (Å²) >= 11 is 5.99. The molecule has 3 rings (SSSR count). The molecule has 23 heavy (non-hydrogen) atoms. The minimum Gasteiger partial charge on any atom is -0.497 e. The molecule has 2 aromatic rings. The molecule has 0 fully saturated rings. The van der Waals surface area contributed by atoms with Gasteiger partial charge in [-0.1, -0.05) is 41.9 Å². The summed E-state index contributed by atoms with van der Waals surface area (Å²) in [7, 11) is 3.38. The summed E-state index contributed by atoms with van der Waals surface area (Å²) in [5.41, 5.74) is 4.41. The maximum Gasteiger partial charge on any atom is 0.130 e. The van der Waals surface area contributed by atoms with Crippen molar-refractivity contribution in [3.05, 3.63) is 82.9 Å². The Morgan fingerprint density at radius 2 is 1.48 bits per heavy atom. The first-order chi connectivity index (χ1) is 11.2. The van der Waals surface area contributed by atoms with Gasteiger partial charge in [0.2, 0.25) is 0 Å². The van der Waals surface area contributed by atoms with E-state index < -0.39 is 0 Å². The van der Waals surface area contributed by atoms with Gasteiger partial charge in [-0.2, -0.15) is 0 Å². The van der Waals surface area contributed by atoms with Crippen LogP contribution in [0.4, 0.5) is 0 Å². The summed E-state index contributed by atoms with van der Waals surface area (Å²) in [6.07, 6.45) is 5.22. The zero-order chi connectivity index (χ0) is 16.2. The molecule has 0 bridgehead atoms. The topological polar surface area (TPSA) is 18.5 Å². The van der Waals surface area contributed by atoms with Crippen LogP contribution in [0.2, 0.25) is 5.02 Å². The molecule has 0 saturated heterocycles. The lowest BCUT2D eigenvalue weighted by Gasteiger charge is -2.21. The largest absolute Gasteiger partial charge is 0.497 e. The van der Waals surface area contributed by atoms with E-state index in [0.29, 0.717) is 0 Å². The van der Waals surface area contributed by atoms with Crippen molar-refractivity contribution >= 4 is 22.7 Å². The summed E-state index contributed by atoms with van der Waals surface area (Å²) in [5, 5.41) is 0.732. The zero-order valence-electron chi connectivity index (χ0n) is 13.2. The van der Waals surface area contributed by atoms with E-state index in [0.717, 1.165) is 45.2 Å². The predicted octanol–water partition coefficient (Wildman–Crippen LogP) is 5.40. The van der Waals surface area contributed by atoms with Gasteiger partial charge in [-0.05, 0) is 48.2 Å². The highest BCUT2D eigenvalue weighted by Crippen LogP contribution is 2.37. The molecule has 1 aliphatic rings. The number of rotatable bonds is 4. The third kappa shape index (κ3) is 3.27. The molecule has 0 amide bonds. The van der Waals surface area contributed by atoms with Crippen LogP contribution in [0.25, 0.3) is 11.1 Å². The van der Waals surface area contributed by atoms with Gasteiger partial charge in [0.15, 0.2) is 0 Å². The van der Waals surface area contributed by atoms with Crippen molar-refractivity contribution in [3.8, 4) is 5.75 Å². The highest BCUT2D eigenvalue weighted by Gasteiger charge is 2.20. The van der Waals surface area contributed by atoms with Gasteiger partial charge < -0.3 is 9.47 Å². The second-order valence-electron chi connectivity index (χ2n) is 5.24. The number of allylic oxidation sites excluding steroid dienone is 3. The lowest BCUT2D eigenvalue weighted by atomic mass is 9.89. The average Bonchev–Trinajstić information content (AvgIpc) is 2.62. The summed E-state index contributed by atoms with van der Waals surface area (Å²) < 4.78 is 11.0. The summed E-state index contributed by atoms with van der Waals surface area (Å²) in [6, 6.07) is 15.9. The smallest absolute Gasteiger partial charge is 0.130 e. The fourth-order valence-corrected chi connectivity index (χ4v) is 2.87. The van der Waals surface area contributed by atoms with Crippen LogP contribution >= 0.6 is 11.6 Å². The van der Waals surface area contributed by atoms with E-state index in [1.54, 1.807) is 14.2 Å². The maximum absolute atomic E-state index is 5.99. The van der Waals surface area contributed by atoms with Crippen molar-refractivity contribution < 1.29 is 9.47 Å². The molecule has 2 aromatic carbocycles. The third-order valence-corrected chi connectivity index (χ3v) is 4.15. The molecule has 0 saturated carbocycles. The Kier molecular flexibility index (Phi) is 4.73. The van der Waals surface area contributed by atoms with E-state index >= 15 is 0 Å². The molecule has 0 heterocycles. The van der Waals surface area contributed by atoms with Gasteiger partial charge in [-0.15, -0.1) is 0 Å². The lowest BCUT2D eigenvalue weighted by molar-refractivity contribution is 0.312. The Labute approximate surface area is 142 Å². The van der Waals surface area contributed by atoms with E-state index in [1.807, 2.05) is 36.4 Å². The Morgan fingerprint density at radius 3 is 2.09 bits per heavy atom. The van der Waals surface area contributed by atoms with Crippen LogP contribution in [0.3, 0.4) is 0 Å². The van der Waals surface area contributed by atoms with Crippen LogP contribution in [0.15, 0.2) is 60.4 Å². The molecule has 2 nitrogen and oxygen atoms in total. The Hall–Kier alpha value is -2.19. The molecule has 0 N–H and O–H groups in total. The van der Waals surface area contributed by atoms with Gasteiger partial charge in [0.1, 0.15) is 11.5 Å². The quantitative estimate of drug-likeness (QED) is 0.749. The fraction of sp³-hybridized carbons (Fsp3) is 0.150. The van der Waals surface area contributed by atoms with E-state index in [9.17, 15) is 0 Å². The van der Waals surface area contributed by atoms with Crippen molar-refractivity contribution in [2.75, 3.05) is 14.2 Å². The van der Waals surface area contributed by atoms with Crippen LogP contribution in [-0.2, 0) is 4.74 Å². The number of hydrogen-bond donors (Lipinski definition) is 0. The Morgan fingerprint density at radius 1 is 0.826 bits per heavy atom. The van der Waals surface area contributed by atoms with E-state index in [1.165, 1.54) is 0 Å². The molecule has 3 heteroatoms. The van der Waals surface area contributed by atoms with Gasteiger partial charge in [-0.25, -0.2) is 0 Å². The first-order valence-corrected chi connectivity index (χ1v) is 7.83. The first-order valence-electron chi connectivity index (χ1n) is 7.45. The number of hydrogen-bond acceptors (Lipinski definition) is 2. The first kappa shape index (κ1) is 15.7. The minimum atomic E-state index is 0.732. The summed E-state index contributed by atoms with van der Waals surface area (Å²) in [6.45, 7) is 0. The van der Waals surface area contributed by atoms with Crippen LogP contribution in [0, 0.1) is 6.42 Å². The molecule has 0 aliphatic heterocycles. The molecular weight excluding hydrogens is 308 g/mol. The normalized spacial score (nSPS) is 14.5. The highest BCUT2D eigenvalue weighted by atomic mass is 35.5. The number of methoxy groups -OCH3 is 2. The molecule has 0 unspecified atom stereocenters. The lowest BCUT2D eigenvalue weighted by Crippen LogP contribution is -2.03. The average molecular weight is 326 g/mol. The van der Waals surface area contributed by atoms with Gasteiger partial charge in [0.05, 0.1) is 14.2 Å². The summed E-state index contributed by atoms with van der Waals surface area (Å²) in [4.78, 5) is 0. The van der Waals surface area contributed by atoms with Crippen LogP contribution in [-0.4, -0.2) is 14.2 Å². The molecular formula is C20H18ClO2. The van der Waals surface area contributed by atoms with Gasteiger partial charge in [0.25, 0.3) is 0 Å². The van der Waals surface area contributed by atoms with Crippen molar-refractivity contribution in [2.45, 2.75) is 6.42 Å². The van der Waals surface area contributed by atoms with Crippen molar-refractivity contribution in [1.29, 1.82) is 0 Å². The maximum atomic E-state index is 5.99. The second kappa shape index (κ2) is 6.93. The van der Waals surface area contributed by atoms with Crippen LogP contribution in [0.1, 0.15) is 17.5 Å². The minimum absolute atomic E-state index is 0.732. The van der Waals surface area contributed by atoms with Gasteiger partial charge >= 0.3 is 0 Å². The predicted molar refractivity (Wildman–Crippen MR) is 95.3 cm³/mol. The second-order valence-corrected chi connectivity index (χ2v) is 5.68. The van der Waals surface area contributed by atoms with Crippen molar-refractivity contribution in [3.63, 3.8) is 0 Å². The Bertz CT molecular complexity index is 740. The third-order valence-electron chi connectivity index (χ3n) is 3.89. The van der Waals surface area contributed by atoms with Crippen molar-refractivity contribution in [2.24, 2.45) is 0 Å². The van der Waals surface area contributed by atoms with E-state index in [4.69, 9.17) is 21.1 Å². The van der Waals surface area contributed by atoms with Crippen molar-refractivity contribution in [1.82, 2.24) is 0 Å². The van der Waals surface area contributed by atoms with Crippen LogP contribution < -0.4 is 4.74 Å². The number of halogens is 1. The standard InChI is InChI=1S/C20H18ClO2/c1-22-17-12-8-15(9-13-17)19-5-3-4-18(20(19)23-2)14-6-10-16(21)11-7-14/h4-13H,3H2,1-2H3. The van der Waals surface area contributed by atoms with Crippen LogP contribution in [0.5, 0.6) is 5.75 Å².